The van der Waals surface area contributed by atoms with Gasteiger partial charge < -0.3 is 5.32 Å². The molecule has 1 nitrogen and oxygen atoms in total. The quantitative estimate of drug-likeness (QED) is 0.795. The minimum atomic E-state index is -4.27. The molecule has 0 saturated carbocycles. The van der Waals surface area contributed by atoms with Gasteiger partial charge in [-0.05, 0) is 23.3 Å². The fourth-order valence-electron chi connectivity index (χ4n) is 2.11. The summed E-state index contributed by atoms with van der Waals surface area (Å²) in [5.41, 5.74) is 1.17. The molecule has 2 rings (SSSR count). The molecule has 2 aromatic carbocycles. The fraction of sp³-hybridized carbons (Fsp3) is 0.250. The van der Waals surface area contributed by atoms with Crippen LogP contribution in [0, 0.1) is 5.82 Å². The molecule has 112 valence electrons. The van der Waals surface area contributed by atoms with Gasteiger partial charge in [-0.1, -0.05) is 42.5 Å². The number of hydrogen-bond donors (Lipinski definition) is 1. The monoisotopic (exact) mass is 297 g/mol. The Bertz CT molecular complexity index is 566. The Morgan fingerprint density at radius 3 is 2.29 bits per heavy atom. The summed E-state index contributed by atoms with van der Waals surface area (Å²) in [6, 6.07) is 13.4. The van der Waals surface area contributed by atoms with Crippen molar-refractivity contribution < 1.29 is 17.6 Å². The largest absolute Gasteiger partial charge is 0.390 e. The summed E-state index contributed by atoms with van der Waals surface area (Å²) >= 11 is 0. The Hall–Kier alpha value is -1.88. The molecule has 0 saturated heterocycles. The fourth-order valence-corrected chi connectivity index (χ4v) is 2.11. The number of nitrogens with one attached hydrogen (secondary N) is 1. The third kappa shape index (κ3) is 5.19. The van der Waals surface area contributed by atoms with Gasteiger partial charge in [0.2, 0.25) is 0 Å². The van der Waals surface area contributed by atoms with Crippen LogP contribution in [0.15, 0.2) is 54.6 Å². The van der Waals surface area contributed by atoms with E-state index in [1.165, 1.54) is 18.2 Å². The van der Waals surface area contributed by atoms with E-state index in [0.29, 0.717) is 11.1 Å². The molecule has 0 bridgehead atoms. The van der Waals surface area contributed by atoms with Gasteiger partial charge in [-0.2, -0.15) is 13.2 Å². The van der Waals surface area contributed by atoms with Crippen LogP contribution in [-0.2, 0) is 6.54 Å². The highest BCUT2D eigenvalue weighted by molar-refractivity contribution is 5.20. The Kier molecular flexibility index (Phi) is 4.96. The summed E-state index contributed by atoms with van der Waals surface area (Å²) < 4.78 is 51.1. The first-order valence-electron chi connectivity index (χ1n) is 6.53. The van der Waals surface area contributed by atoms with Crippen molar-refractivity contribution in [2.24, 2.45) is 0 Å². The van der Waals surface area contributed by atoms with Crippen LogP contribution in [-0.4, -0.2) is 6.18 Å². The van der Waals surface area contributed by atoms with Crippen LogP contribution in [0.4, 0.5) is 17.6 Å². The zero-order valence-electron chi connectivity index (χ0n) is 11.2. The van der Waals surface area contributed by atoms with Crippen LogP contribution in [0.1, 0.15) is 23.6 Å². The molecule has 0 radical (unpaired) electrons. The van der Waals surface area contributed by atoms with Gasteiger partial charge in [0.15, 0.2) is 0 Å². The third-order valence-electron chi connectivity index (χ3n) is 3.08. The lowest BCUT2D eigenvalue weighted by atomic mass is 10.0. The zero-order valence-corrected chi connectivity index (χ0v) is 11.2. The standard InChI is InChI=1S/C16H15F4N/c17-14-8-4-5-12(9-14)11-21-15(10-16(18,19)20)13-6-2-1-3-7-13/h1-9,15,21H,10-11H2. The minimum absolute atomic E-state index is 0.174. The third-order valence-corrected chi connectivity index (χ3v) is 3.08. The van der Waals surface area contributed by atoms with Gasteiger partial charge >= 0.3 is 6.18 Å². The number of rotatable bonds is 5. The number of benzene rings is 2. The van der Waals surface area contributed by atoms with E-state index in [4.69, 9.17) is 0 Å². The first-order chi connectivity index (χ1) is 9.94. The van der Waals surface area contributed by atoms with Crippen molar-refractivity contribution in [3.05, 3.63) is 71.5 Å². The SMILES string of the molecule is Fc1cccc(CNC(CC(F)(F)F)c2ccccc2)c1. The van der Waals surface area contributed by atoms with Crippen molar-refractivity contribution in [3.8, 4) is 0 Å². The van der Waals surface area contributed by atoms with Gasteiger partial charge in [0.25, 0.3) is 0 Å². The summed E-state index contributed by atoms with van der Waals surface area (Å²) in [6.45, 7) is 0.174. The van der Waals surface area contributed by atoms with E-state index in [0.717, 1.165) is 0 Å². The van der Waals surface area contributed by atoms with Crippen LogP contribution in [0.25, 0.3) is 0 Å². The smallest absolute Gasteiger partial charge is 0.306 e. The molecule has 0 heterocycles. The minimum Gasteiger partial charge on any atom is -0.306 e. The van der Waals surface area contributed by atoms with E-state index in [1.807, 2.05) is 0 Å². The lowest BCUT2D eigenvalue weighted by Crippen LogP contribution is -2.26. The Morgan fingerprint density at radius 1 is 0.952 bits per heavy atom. The molecular formula is C16H15F4N. The van der Waals surface area contributed by atoms with Crippen LogP contribution in [0.2, 0.25) is 0 Å². The average molecular weight is 297 g/mol. The van der Waals surface area contributed by atoms with E-state index >= 15 is 0 Å². The van der Waals surface area contributed by atoms with E-state index in [2.05, 4.69) is 5.32 Å². The summed E-state index contributed by atoms with van der Waals surface area (Å²) in [4.78, 5) is 0. The second kappa shape index (κ2) is 6.72. The maximum atomic E-state index is 13.1. The Morgan fingerprint density at radius 2 is 1.67 bits per heavy atom. The number of alkyl halides is 3. The Balaban J connectivity index is 2.09. The molecule has 0 fully saturated rings. The van der Waals surface area contributed by atoms with Gasteiger partial charge in [0.05, 0.1) is 6.42 Å². The van der Waals surface area contributed by atoms with E-state index in [1.54, 1.807) is 36.4 Å². The van der Waals surface area contributed by atoms with Crippen LogP contribution >= 0.6 is 0 Å². The van der Waals surface area contributed by atoms with Crippen LogP contribution in [0.3, 0.4) is 0 Å². The maximum absolute atomic E-state index is 13.1. The molecule has 5 heteroatoms. The van der Waals surface area contributed by atoms with Crippen molar-refractivity contribution in [3.63, 3.8) is 0 Å². The molecule has 0 spiro atoms. The van der Waals surface area contributed by atoms with Gasteiger partial charge in [0.1, 0.15) is 5.82 Å². The second-order valence-corrected chi connectivity index (χ2v) is 4.79. The first kappa shape index (κ1) is 15.5. The lowest BCUT2D eigenvalue weighted by molar-refractivity contribution is -0.140. The van der Waals surface area contributed by atoms with Crippen molar-refractivity contribution in [2.75, 3.05) is 0 Å². The van der Waals surface area contributed by atoms with E-state index in [-0.39, 0.29) is 6.54 Å². The molecule has 1 N–H and O–H groups in total. The van der Waals surface area contributed by atoms with Crippen LogP contribution < -0.4 is 5.32 Å². The molecule has 21 heavy (non-hydrogen) atoms. The molecule has 2 aromatic rings. The molecule has 0 aliphatic carbocycles. The zero-order chi connectivity index (χ0) is 15.3. The molecule has 0 aliphatic heterocycles. The van der Waals surface area contributed by atoms with Crippen LogP contribution in [0.5, 0.6) is 0 Å². The summed E-state index contributed by atoms with van der Waals surface area (Å²) in [7, 11) is 0. The Labute approximate surface area is 120 Å². The van der Waals surface area contributed by atoms with Crippen molar-refractivity contribution >= 4 is 0 Å². The van der Waals surface area contributed by atoms with Gasteiger partial charge in [-0.15, -0.1) is 0 Å². The van der Waals surface area contributed by atoms with Gasteiger partial charge in [0, 0.05) is 12.6 Å². The first-order valence-corrected chi connectivity index (χ1v) is 6.53. The highest BCUT2D eigenvalue weighted by Gasteiger charge is 2.32. The highest BCUT2D eigenvalue weighted by atomic mass is 19.4. The van der Waals surface area contributed by atoms with Crippen molar-refractivity contribution in [1.29, 1.82) is 0 Å². The molecule has 1 atom stereocenters. The lowest BCUT2D eigenvalue weighted by Gasteiger charge is -2.21. The summed E-state index contributed by atoms with van der Waals surface area (Å²) in [5, 5.41) is 2.85. The number of halogens is 4. The topological polar surface area (TPSA) is 12.0 Å². The number of hydrogen-bond acceptors (Lipinski definition) is 1. The van der Waals surface area contributed by atoms with Crippen molar-refractivity contribution in [2.45, 2.75) is 25.2 Å². The molecule has 0 aromatic heterocycles. The molecule has 0 amide bonds. The van der Waals surface area contributed by atoms with Gasteiger partial charge in [-0.25, -0.2) is 4.39 Å². The normalized spacial score (nSPS) is 13.1. The second-order valence-electron chi connectivity index (χ2n) is 4.79. The highest BCUT2D eigenvalue weighted by Crippen LogP contribution is 2.29. The van der Waals surface area contributed by atoms with E-state index in [9.17, 15) is 17.6 Å². The summed E-state index contributed by atoms with van der Waals surface area (Å²) in [5.74, 6) is -0.401. The molecule has 0 aliphatic rings. The predicted molar refractivity (Wildman–Crippen MR) is 73.1 cm³/mol. The van der Waals surface area contributed by atoms with Gasteiger partial charge in [-0.3, -0.25) is 0 Å². The summed E-state index contributed by atoms with van der Waals surface area (Å²) in [6.07, 6.45) is -5.23. The van der Waals surface area contributed by atoms with Crippen molar-refractivity contribution in [1.82, 2.24) is 5.32 Å². The average Bonchev–Trinajstić information content (AvgIpc) is 2.43. The van der Waals surface area contributed by atoms with E-state index < -0.39 is 24.5 Å². The molecule has 1 unspecified atom stereocenters. The maximum Gasteiger partial charge on any atom is 0.390 e. The molecular weight excluding hydrogens is 282 g/mol. The predicted octanol–water partition coefficient (Wildman–Crippen LogP) is 4.61.